The zero-order chi connectivity index (χ0) is 16.6. The van der Waals surface area contributed by atoms with Crippen LogP contribution in [-0.2, 0) is 11.3 Å². The Kier molecular flexibility index (Phi) is 4.37. The SMILES string of the molecule is CC(C)c1nnsc1CN1C(=O)NC(C)(C2CCNCC2)C1=O. The molecule has 2 aliphatic rings. The number of rotatable bonds is 4. The van der Waals surface area contributed by atoms with Crippen LogP contribution < -0.4 is 10.6 Å². The second-order valence-corrected chi connectivity index (χ2v) is 7.62. The van der Waals surface area contributed by atoms with E-state index in [0.717, 1.165) is 36.5 Å². The van der Waals surface area contributed by atoms with E-state index in [4.69, 9.17) is 0 Å². The van der Waals surface area contributed by atoms with Gasteiger partial charge in [-0.15, -0.1) is 5.10 Å². The Morgan fingerprint density at radius 1 is 1.35 bits per heavy atom. The van der Waals surface area contributed by atoms with Crippen LogP contribution in [0.25, 0.3) is 0 Å². The van der Waals surface area contributed by atoms with E-state index in [9.17, 15) is 9.59 Å². The summed E-state index contributed by atoms with van der Waals surface area (Å²) in [5.74, 6) is 0.271. The third-order valence-corrected chi connectivity index (χ3v) is 5.61. The number of aromatic nitrogens is 2. The van der Waals surface area contributed by atoms with Crippen LogP contribution in [-0.4, -0.2) is 45.1 Å². The van der Waals surface area contributed by atoms with Gasteiger partial charge in [-0.3, -0.25) is 9.69 Å². The number of hydrogen-bond acceptors (Lipinski definition) is 6. The van der Waals surface area contributed by atoms with Crippen molar-refractivity contribution in [3.63, 3.8) is 0 Å². The minimum absolute atomic E-state index is 0.127. The predicted molar refractivity (Wildman–Crippen MR) is 87.1 cm³/mol. The molecule has 7 nitrogen and oxygen atoms in total. The lowest BCUT2D eigenvalue weighted by Crippen LogP contribution is -2.53. The van der Waals surface area contributed by atoms with E-state index < -0.39 is 5.54 Å². The van der Waals surface area contributed by atoms with Crippen LogP contribution in [0, 0.1) is 5.92 Å². The van der Waals surface area contributed by atoms with Crippen LogP contribution in [0.15, 0.2) is 0 Å². The molecule has 23 heavy (non-hydrogen) atoms. The van der Waals surface area contributed by atoms with E-state index in [1.165, 1.54) is 16.4 Å². The van der Waals surface area contributed by atoms with Gasteiger partial charge in [0.1, 0.15) is 5.54 Å². The zero-order valence-electron chi connectivity index (χ0n) is 13.8. The molecule has 1 aromatic rings. The molecular formula is C15H23N5O2S. The summed E-state index contributed by atoms with van der Waals surface area (Å²) < 4.78 is 3.98. The van der Waals surface area contributed by atoms with E-state index in [1.54, 1.807) is 0 Å². The molecule has 2 N–H and O–H groups in total. The number of nitrogens with one attached hydrogen (secondary N) is 2. The van der Waals surface area contributed by atoms with Crippen molar-refractivity contribution in [3.05, 3.63) is 10.6 Å². The molecule has 2 aliphatic heterocycles. The molecule has 3 heterocycles. The molecule has 0 aromatic carbocycles. The summed E-state index contributed by atoms with van der Waals surface area (Å²) in [6.07, 6.45) is 1.80. The Hall–Kier alpha value is -1.54. The van der Waals surface area contributed by atoms with Crippen molar-refractivity contribution in [1.82, 2.24) is 25.1 Å². The third-order valence-electron chi connectivity index (χ3n) is 4.89. The smallest absolute Gasteiger partial charge is 0.323 e. The fraction of sp³-hybridized carbons (Fsp3) is 0.733. The molecule has 0 radical (unpaired) electrons. The highest BCUT2D eigenvalue weighted by Gasteiger charge is 2.52. The Morgan fingerprint density at radius 2 is 2.04 bits per heavy atom. The van der Waals surface area contributed by atoms with Gasteiger partial charge < -0.3 is 10.6 Å². The lowest BCUT2D eigenvalue weighted by molar-refractivity contribution is -0.133. The fourth-order valence-corrected chi connectivity index (χ4v) is 4.23. The summed E-state index contributed by atoms with van der Waals surface area (Å²) in [6, 6.07) is -0.306. The van der Waals surface area contributed by atoms with Crippen LogP contribution in [0.4, 0.5) is 4.79 Å². The molecule has 1 aromatic heterocycles. The van der Waals surface area contributed by atoms with Gasteiger partial charge in [0.05, 0.1) is 17.1 Å². The number of carbonyl (C=O) groups is 2. The first-order valence-corrected chi connectivity index (χ1v) is 8.86. The average molecular weight is 337 g/mol. The molecule has 0 bridgehead atoms. The van der Waals surface area contributed by atoms with Crippen LogP contribution >= 0.6 is 11.5 Å². The van der Waals surface area contributed by atoms with Crippen LogP contribution in [0.3, 0.4) is 0 Å². The molecule has 0 aliphatic carbocycles. The summed E-state index contributed by atoms with van der Waals surface area (Å²) in [5, 5.41) is 10.4. The molecule has 1 atom stereocenters. The van der Waals surface area contributed by atoms with Gasteiger partial charge in [-0.05, 0) is 56.2 Å². The topological polar surface area (TPSA) is 87.2 Å². The number of carbonyl (C=O) groups excluding carboxylic acids is 2. The molecule has 0 saturated carbocycles. The van der Waals surface area contributed by atoms with Gasteiger partial charge in [0.25, 0.3) is 5.91 Å². The Balaban J connectivity index is 1.80. The van der Waals surface area contributed by atoms with Crippen molar-refractivity contribution in [2.24, 2.45) is 5.92 Å². The Morgan fingerprint density at radius 3 is 2.70 bits per heavy atom. The number of urea groups is 1. The predicted octanol–water partition coefficient (Wildman–Crippen LogP) is 1.47. The molecule has 1 unspecified atom stereocenters. The highest BCUT2D eigenvalue weighted by molar-refractivity contribution is 7.05. The van der Waals surface area contributed by atoms with Crippen molar-refractivity contribution >= 4 is 23.5 Å². The lowest BCUT2D eigenvalue weighted by Gasteiger charge is -2.34. The normalized spacial score (nSPS) is 26.2. The molecule has 3 amide bonds. The standard InChI is InChI=1S/C15H23N5O2S/c1-9(2)12-11(23-19-18-12)8-20-13(21)15(3,17-14(20)22)10-4-6-16-7-5-10/h9-10,16H,4-8H2,1-3H3,(H,17,22). The highest BCUT2D eigenvalue weighted by Crippen LogP contribution is 2.33. The summed E-state index contributed by atoms with van der Waals surface area (Å²) in [7, 11) is 0. The zero-order valence-corrected chi connectivity index (χ0v) is 14.6. The number of imide groups is 1. The van der Waals surface area contributed by atoms with E-state index >= 15 is 0 Å². The van der Waals surface area contributed by atoms with Crippen molar-refractivity contribution < 1.29 is 9.59 Å². The lowest BCUT2D eigenvalue weighted by atomic mass is 9.79. The maximum absolute atomic E-state index is 12.9. The van der Waals surface area contributed by atoms with Gasteiger partial charge in [-0.25, -0.2) is 4.79 Å². The average Bonchev–Trinajstić information content (AvgIpc) is 3.08. The quantitative estimate of drug-likeness (QED) is 0.813. The first kappa shape index (κ1) is 16.3. The summed E-state index contributed by atoms with van der Waals surface area (Å²) in [5.41, 5.74) is 0.0704. The van der Waals surface area contributed by atoms with E-state index in [0.29, 0.717) is 0 Å². The molecule has 0 spiro atoms. The van der Waals surface area contributed by atoms with E-state index in [-0.39, 0.29) is 30.3 Å². The van der Waals surface area contributed by atoms with Gasteiger partial charge in [0.15, 0.2) is 0 Å². The van der Waals surface area contributed by atoms with E-state index in [2.05, 4.69) is 20.2 Å². The van der Waals surface area contributed by atoms with Crippen molar-refractivity contribution in [3.8, 4) is 0 Å². The van der Waals surface area contributed by atoms with Gasteiger partial charge in [0, 0.05) is 0 Å². The summed E-state index contributed by atoms with van der Waals surface area (Å²) in [4.78, 5) is 27.5. The van der Waals surface area contributed by atoms with Crippen molar-refractivity contribution in [2.45, 2.75) is 51.6 Å². The van der Waals surface area contributed by atoms with Gasteiger partial charge >= 0.3 is 6.03 Å². The summed E-state index contributed by atoms with van der Waals surface area (Å²) >= 11 is 1.26. The first-order valence-electron chi connectivity index (χ1n) is 8.09. The Bertz CT molecular complexity index is 611. The second-order valence-electron chi connectivity index (χ2n) is 6.78. The second kappa shape index (κ2) is 6.16. The minimum atomic E-state index is -0.796. The van der Waals surface area contributed by atoms with Gasteiger partial charge in [-0.2, -0.15) is 0 Å². The number of piperidine rings is 1. The van der Waals surface area contributed by atoms with Crippen molar-refractivity contribution in [2.75, 3.05) is 13.1 Å². The van der Waals surface area contributed by atoms with Crippen molar-refractivity contribution in [1.29, 1.82) is 0 Å². The molecule has 126 valence electrons. The van der Waals surface area contributed by atoms with Gasteiger partial charge in [-0.1, -0.05) is 18.3 Å². The number of hydrogen-bond donors (Lipinski definition) is 2. The van der Waals surface area contributed by atoms with Crippen LogP contribution in [0.1, 0.15) is 50.1 Å². The van der Waals surface area contributed by atoms with Gasteiger partial charge in [0.2, 0.25) is 0 Å². The van der Waals surface area contributed by atoms with Crippen LogP contribution in [0.2, 0.25) is 0 Å². The maximum atomic E-state index is 12.9. The Labute approximate surface area is 140 Å². The molecule has 2 saturated heterocycles. The first-order chi connectivity index (χ1) is 10.9. The minimum Gasteiger partial charge on any atom is -0.323 e. The van der Waals surface area contributed by atoms with E-state index in [1.807, 2.05) is 20.8 Å². The molecule has 8 heteroatoms. The third kappa shape index (κ3) is 2.85. The fourth-order valence-electron chi connectivity index (χ4n) is 3.44. The molecule has 2 fully saturated rings. The molecule has 3 rings (SSSR count). The highest BCUT2D eigenvalue weighted by atomic mass is 32.1. The number of amides is 3. The number of nitrogens with zero attached hydrogens (tertiary/aromatic N) is 3. The largest absolute Gasteiger partial charge is 0.325 e. The monoisotopic (exact) mass is 337 g/mol. The van der Waals surface area contributed by atoms with Crippen LogP contribution in [0.5, 0.6) is 0 Å². The summed E-state index contributed by atoms with van der Waals surface area (Å²) in [6.45, 7) is 7.96. The molecular weight excluding hydrogens is 314 g/mol. The maximum Gasteiger partial charge on any atom is 0.325 e.